The first-order chi connectivity index (χ1) is 11.4. The van der Waals surface area contributed by atoms with Gasteiger partial charge in [0, 0.05) is 13.0 Å². The lowest BCUT2D eigenvalue weighted by Gasteiger charge is -2.43. The van der Waals surface area contributed by atoms with Crippen LogP contribution in [0, 0.1) is 5.92 Å². The molecule has 6 heteroatoms. The monoisotopic (exact) mass is 341 g/mol. The third-order valence-electron chi connectivity index (χ3n) is 5.06. The molecular formula is C18H22F3NO2. The molecule has 0 unspecified atom stereocenters. The second-order valence-electron chi connectivity index (χ2n) is 6.80. The van der Waals surface area contributed by atoms with E-state index in [1.807, 2.05) is 31.2 Å². The highest BCUT2D eigenvalue weighted by Gasteiger charge is 2.70. The summed E-state index contributed by atoms with van der Waals surface area (Å²) in [5.41, 5.74) is -0.952. The average molecular weight is 341 g/mol. The molecule has 1 aromatic carbocycles. The lowest BCUT2D eigenvalue weighted by Crippen LogP contribution is -2.58. The maximum absolute atomic E-state index is 13.3. The van der Waals surface area contributed by atoms with Crippen molar-refractivity contribution in [2.45, 2.75) is 50.7 Å². The summed E-state index contributed by atoms with van der Waals surface area (Å²) in [7, 11) is 0. The standard InChI is InChI=1S/C18H22F3NO2/c1-2-9-24-15-6-3-13(4-7-15)5-8-16(23)22-12-14-10-17(22,11-14)18(19,20)21/h3-4,6-7,14H,2,5,8-12H2,1H3. The van der Waals surface area contributed by atoms with E-state index in [1.165, 1.54) is 0 Å². The van der Waals surface area contributed by atoms with E-state index in [1.54, 1.807) is 0 Å². The molecule has 2 heterocycles. The van der Waals surface area contributed by atoms with Gasteiger partial charge >= 0.3 is 6.18 Å². The Balaban J connectivity index is 1.56. The van der Waals surface area contributed by atoms with Crippen molar-refractivity contribution in [1.29, 1.82) is 0 Å². The molecule has 1 aromatic rings. The van der Waals surface area contributed by atoms with Gasteiger partial charge < -0.3 is 9.64 Å². The van der Waals surface area contributed by atoms with Crippen molar-refractivity contribution in [1.82, 2.24) is 4.90 Å². The number of carbonyl (C=O) groups is 1. The van der Waals surface area contributed by atoms with Crippen LogP contribution in [0.15, 0.2) is 24.3 Å². The summed E-state index contributed by atoms with van der Waals surface area (Å²) in [6.45, 7) is 2.92. The maximum atomic E-state index is 13.3. The van der Waals surface area contributed by atoms with Crippen molar-refractivity contribution in [2.24, 2.45) is 5.92 Å². The van der Waals surface area contributed by atoms with Gasteiger partial charge in [-0.25, -0.2) is 0 Å². The smallest absolute Gasteiger partial charge is 0.411 e. The molecule has 0 aromatic heterocycles. The first kappa shape index (κ1) is 17.1. The fourth-order valence-corrected chi connectivity index (χ4v) is 3.76. The SMILES string of the molecule is CCCOc1ccc(CCC(=O)N2CC3CC2(C(F)(F)F)C3)cc1. The van der Waals surface area contributed by atoms with Gasteiger partial charge in [0.2, 0.25) is 5.91 Å². The molecule has 1 aliphatic carbocycles. The van der Waals surface area contributed by atoms with Crippen molar-refractivity contribution in [3.63, 3.8) is 0 Å². The molecule has 0 atom stereocenters. The zero-order chi connectivity index (χ0) is 17.4. The largest absolute Gasteiger partial charge is 0.494 e. The maximum Gasteiger partial charge on any atom is 0.411 e. The molecule has 3 aliphatic rings. The Kier molecular flexibility index (Phi) is 4.49. The van der Waals surface area contributed by atoms with Gasteiger partial charge in [-0.2, -0.15) is 13.2 Å². The van der Waals surface area contributed by atoms with E-state index in [0.717, 1.165) is 22.6 Å². The Morgan fingerprint density at radius 1 is 1.29 bits per heavy atom. The molecular weight excluding hydrogens is 319 g/mol. The summed E-state index contributed by atoms with van der Waals surface area (Å²) < 4.78 is 45.4. The average Bonchev–Trinajstić information content (AvgIpc) is 3.08. The number of alkyl halides is 3. The van der Waals surface area contributed by atoms with Crippen LogP contribution >= 0.6 is 0 Å². The predicted molar refractivity (Wildman–Crippen MR) is 83.8 cm³/mol. The van der Waals surface area contributed by atoms with Crippen LogP contribution in [0.5, 0.6) is 5.75 Å². The minimum atomic E-state index is -4.33. The number of carbonyl (C=O) groups excluding carboxylic acids is 1. The summed E-state index contributed by atoms with van der Waals surface area (Å²) in [5.74, 6) is 0.396. The number of hydrogen-bond donors (Lipinski definition) is 0. The topological polar surface area (TPSA) is 29.5 Å². The van der Waals surface area contributed by atoms with Crippen molar-refractivity contribution in [2.75, 3.05) is 13.2 Å². The lowest BCUT2D eigenvalue weighted by atomic mass is 9.72. The van der Waals surface area contributed by atoms with Gasteiger partial charge in [0.1, 0.15) is 11.3 Å². The van der Waals surface area contributed by atoms with Crippen LogP contribution in [-0.2, 0) is 11.2 Å². The Labute approximate surface area is 139 Å². The molecule has 2 bridgehead atoms. The third kappa shape index (κ3) is 2.98. The Bertz CT molecular complexity index is 591. The van der Waals surface area contributed by atoms with Crippen LogP contribution in [0.25, 0.3) is 0 Å². The Morgan fingerprint density at radius 3 is 2.54 bits per heavy atom. The fraction of sp³-hybridized carbons (Fsp3) is 0.611. The normalized spacial score (nSPS) is 25.5. The summed E-state index contributed by atoms with van der Waals surface area (Å²) in [6, 6.07) is 7.39. The molecule has 132 valence electrons. The van der Waals surface area contributed by atoms with E-state index in [4.69, 9.17) is 4.74 Å². The molecule has 0 radical (unpaired) electrons. The van der Waals surface area contributed by atoms with Gasteiger partial charge in [-0.05, 0) is 49.3 Å². The van der Waals surface area contributed by atoms with Gasteiger partial charge in [-0.1, -0.05) is 19.1 Å². The van der Waals surface area contributed by atoms with Crippen molar-refractivity contribution < 1.29 is 22.7 Å². The first-order valence-electron chi connectivity index (χ1n) is 8.44. The highest BCUT2D eigenvalue weighted by Crippen LogP contribution is 2.58. The van der Waals surface area contributed by atoms with Crippen molar-refractivity contribution in [3.8, 4) is 5.75 Å². The second-order valence-corrected chi connectivity index (χ2v) is 6.80. The summed E-state index contributed by atoms with van der Waals surface area (Å²) in [6.07, 6.45) is -2.69. The zero-order valence-electron chi connectivity index (χ0n) is 13.7. The number of aryl methyl sites for hydroxylation is 1. The van der Waals surface area contributed by atoms with E-state index in [9.17, 15) is 18.0 Å². The number of ether oxygens (including phenoxy) is 1. The van der Waals surface area contributed by atoms with E-state index in [2.05, 4.69) is 0 Å². The lowest BCUT2D eigenvalue weighted by molar-refractivity contribution is -0.236. The minimum Gasteiger partial charge on any atom is -0.494 e. The number of amides is 1. The number of rotatable bonds is 6. The van der Waals surface area contributed by atoms with Crippen LogP contribution in [0.1, 0.15) is 38.2 Å². The van der Waals surface area contributed by atoms with E-state index in [0.29, 0.717) is 13.0 Å². The van der Waals surface area contributed by atoms with Gasteiger partial charge in [-0.3, -0.25) is 4.79 Å². The predicted octanol–water partition coefficient (Wildman–Crippen LogP) is 3.96. The van der Waals surface area contributed by atoms with E-state index in [-0.39, 0.29) is 31.7 Å². The number of benzene rings is 1. The van der Waals surface area contributed by atoms with Crippen LogP contribution in [-0.4, -0.2) is 35.7 Å². The van der Waals surface area contributed by atoms with Crippen LogP contribution < -0.4 is 4.74 Å². The highest BCUT2D eigenvalue weighted by molar-refractivity contribution is 5.78. The molecule has 3 nitrogen and oxygen atoms in total. The van der Waals surface area contributed by atoms with E-state index < -0.39 is 17.6 Å². The van der Waals surface area contributed by atoms with Gasteiger partial charge in [0.05, 0.1) is 6.61 Å². The second kappa shape index (κ2) is 6.30. The number of hydrogen-bond acceptors (Lipinski definition) is 2. The van der Waals surface area contributed by atoms with Gasteiger partial charge in [0.25, 0.3) is 0 Å². The number of nitrogens with zero attached hydrogens (tertiary/aromatic N) is 1. The van der Waals surface area contributed by atoms with Crippen molar-refractivity contribution >= 4 is 5.91 Å². The van der Waals surface area contributed by atoms with Gasteiger partial charge in [0.15, 0.2) is 0 Å². The van der Waals surface area contributed by atoms with Gasteiger partial charge in [-0.15, -0.1) is 0 Å². The summed E-state index contributed by atoms with van der Waals surface area (Å²) >= 11 is 0. The number of fused-ring (bicyclic) bond motifs is 1. The molecule has 1 saturated carbocycles. The Hall–Kier alpha value is -1.72. The molecule has 0 spiro atoms. The molecule has 3 fully saturated rings. The summed E-state index contributed by atoms with van der Waals surface area (Å²) in [4.78, 5) is 13.4. The molecule has 24 heavy (non-hydrogen) atoms. The van der Waals surface area contributed by atoms with Crippen LogP contribution in [0.2, 0.25) is 0 Å². The van der Waals surface area contributed by atoms with E-state index >= 15 is 0 Å². The highest BCUT2D eigenvalue weighted by atomic mass is 19.4. The number of halogens is 3. The molecule has 0 N–H and O–H groups in total. The Morgan fingerprint density at radius 2 is 1.96 bits per heavy atom. The minimum absolute atomic E-state index is 0.0190. The fourth-order valence-electron chi connectivity index (χ4n) is 3.76. The van der Waals surface area contributed by atoms with Crippen molar-refractivity contribution in [3.05, 3.63) is 29.8 Å². The first-order valence-corrected chi connectivity index (χ1v) is 8.44. The quantitative estimate of drug-likeness (QED) is 0.784. The molecule has 4 rings (SSSR count). The molecule has 1 amide bonds. The zero-order valence-corrected chi connectivity index (χ0v) is 13.7. The van der Waals surface area contributed by atoms with Crippen LogP contribution in [0.3, 0.4) is 0 Å². The third-order valence-corrected chi connectivity index (χ3v) is 5.06. The molecule has 2 saturated heterocycles. The van der Waals surface area contributed by atoms with Crippen LogP contribution in [0.4, 0.5) is 13.2 Å². The summed E-state index contributed by atoms with van der Waals surface area (Å²) in [5, 5.41) is 0. The molecule has 2 aliphatic heterocycles.